The fraction of sp³-hybridized carbons (Fsp3) is 1.00. The lowest BCUT2D eigenvalue weighted by Gasteiger charge is -2.09. The summed E-state index contributed by atoms with van der Waals surface area (Å²) in [6.07, 6.45) is 0.715. The zero-order chi connectivity index (χ0) is 11.8. The lowest BCUT2D eigenvalue weighted by Crippen LogP contribution is -1.99. The van der Waals surface area contributed by atoms with E-state index >= 15 is 0 Å². The van der Waals surface area contributed by atoms with Crippen molar-refractivity contribution in [2.45, 2.75) is 13.8 Å². The van der Waals surface area contributed by atoms with Gasteiger partial charge in [-0.25, -0.2) is 0 Å². The van der Waals surface area contributed by atoms with Crippen LogP contribution in [0.2, 0.25) is 0 Å². The summed E-state index contributed by atoms with van der Waals surface area (Å²) < 4.78 is 35.7. The van der Waals surface area contributed by atoms with E-state index in [9.17, 15) is 13.3 Å². The van der Waals surface area contributed by atoms with Crippen molar-refractivity contribution in [2.24, 2.45) is 0 Å². The van der Waals surface area contributed by atoms with Crippen LogP contribution in [-0.2, 0) is 19.2 Å². The number of rotatable bonds is 4. The van der Waals surface area contributed by atoms with Crippen molar-refractivity contribution in [1.29, 1.82) is 0 Å². The molecule has 0 saturated carbocycles. The highest BCUT2D eigenvalue weighted by atomic mass is 32.2. The van der Waals surface area contributed by atoms with Gasteiger partial charge in [0.25, 0.3) is 10.1 Å². The third kappa shape index (κ3) is 22.8. The fourth-order valence-corrected chi connectivity index (χ4v) is 1.55. The van der Waals surface area contributed by atoms with Crippen LogP contribution in [0, 0.1) is 0 Å². The second-order valence-electron chi connectivity index (χ2n) is 2.37. The first-order valence-electron chi connectivity index (χ1n) is 3.93. The Labute approximate surface area is 85.6 Å². The molecule has 0 atom stereocenters. The van der Waals surface area contributed by atoms with Gasteiger partial charge in [-0.05, 0) is 13.8 Å². The predicted octanol–water partition coefficient (Wildman–Crippen LogP) is 0.948. The van der Waals surface area contributed by atoms with E-state index in [1.54, 1.807) is 6.66 Å². The predicted molar refractivity (Wildman–Crippen MR) is 55.8 cm³/mol. The average Bonchev–Trinajstić information content (AvgIpc) is 1.81. The van der Waals surface area contributed by atoms with Gasteiger partial charge in [0.2, 0.25) is 0 Å². The Hall–Kier alpha value is 0.220. The minimum atomic E-state index is -3.67. The summed E-state index contributed by atoms with van der Waals surface area (Å²) in [6, 6.07) is 0. The number of hydrogen-bond acceptors (Lipinski definition) is 5. The molecule has 0 aliphatic rings. The largest absolute Gasteiger partial charge is 0.405 e. The highest BCUT2D eigenvalue weighted by molar-refractivity contribution is 7.85. The fourth-order valence-electron chi connectivity index (χ4n) is 0.516. The van der Waals surface area contributed by atoms with Crippen LogP contribution in [0.25, 0.3) is 0 Å². The molecule has 0 aromatic carbocycles. The molecule has 0 heterocycles. The van der Waals surface area contributed by atoms with E-state index in [0.717, 1.165) is 0 Å². The highest BCUT2D eigenvalue weighted by Gasteiger charge is 2.31. The molecule has 0 saturated heterocycles. The van der Waals surface area contributed by atoms with Crippen LogP contribution in [0.1, 0.15) is 13.8 Å². The summed E-state index contributed by atoms with van der Waals surface area (Å²) in [7, 11) is -6.11. The Bertz CT molecular complexity index is 208. The molecule has 0 radical (unpaired) electrons. The van der Waals surface area contributed by atoms with Crippen molar-refractivity contribution in [3.05, 3.63) is 0 Å². The molecule has 2 N–H and O–H groups in total. The van der Waals surface area contributed by atoms with Gasteiger partial charge in [0.05, 0.1) is 19.5 Å². The van der Waals surface area contributed by atoms with Gasteiger partial charge in [0.1, 0.15) is 6.66 Å². The third-order valence-corrected chi connectivity index (χ3v) is 2.21. The maximum atomic E-state index is 9.19. The standard InChI is InChI=1S/C5H14O3P.CH4O3S/c1-4-7-9(3,6)8-5-2;1-5(2,3)4/h6H,4-5H2,1-3H3;1H3,(H,2,3,4)/q+1;. The minimum absolute atomic E-state index is 0.501. The molecule has 0 fully saturated rings. The van der Waals surface area contributed by atoms with Gasteiger partial charge in [0, 0.05) is 0 Å². The van der Waals surface area contributed by atoms with Crippen molar-refractivity contribution in [3.63, 3.8) is 0 Å². The zero-order valence-corrected chi connectivity index (χ0v) is 10.5. The van der Waals surface area contributed by atoms with Crippen molar-refractivity contribution < 1.29 is 26.9 Å². The highest BCUT2D eigenvalue weighted by Crippen LogP contribution is 2.52. The molecule has 0 unspecified atom stereocenters. The Morgan fingerprint density at radius 2 is 1.43 bits per heavy atom. The van der Waals surface area contributed by atoms with Gasteiger partial charge in [-0.1, -0.05) is 0 Å². The quantitative estimate of drug-likeness (QED) is 0.569. The maximum Gasteiger partial charge on any atom is 0.405 e. The molecule has 0 rings (SSSR count). The molecular weight excluding hydrogens is 231 g/mol. The molecule has 0 aromatic rings. The van der Waals surface area contributed by atoms with Gasteiger partial charge in [-0.2, -0.15) is 22.4 Å². The monoisotopic (exact) mass is 249 g/mol. The minimum Gasteiger partial charge on any atom is -0.286 e. The van der Waals surface area contributed by atoms with Gasteiger partial charge >= 0.3 is 7.94 Å². The van der Waals surface area contributed by atoms with E-state index in [2.05, 4.69) is 0 Å². The number of hydrogen-bond donors (Lipinski definition) is 2. The first-order valence-corrected chi connectivity index (χ1v) is 7.80. The van der Waals surface area contributed by atoms with E-state index < -0.39 is 18.1 Å². The van der Waals surface area contributed by atoms with Crippen molar-refractivity contribution in [1.82, 2.24) is 0 Å². The van der Waals surface area contributed by atoms with E-state index in [1.807, 2.05) is 13.8 Å². The molecule has 0 aliphatic heterocycles. The van der Waals surface area contributed by atoms with Gasteiger partial charge in [0.15, 0.2) is 0 Å². The first kappa shape index (κ1) is 16.6. The molecule has 8 heteroatoms. The Balaban J connectivity index is 0. The molecule has 6 nitrogen and oxygen atoms in total. The third-order valence-electron chi connectivity index (χ3n) is 0.737. The molecule has 0 spiro atoms. The van der Waals surface area contributed by atoms with Crippen LogP contribution >= 0.6 is 7.94 Å². The SMILES string of the molecule is CCO[P+](C)(O)OCC.CS(=O)(=O)O. The molecule has 14 heavy (non-hydrogen) atoms. The lowest BCUT2D eigenvalue weighted by molar-refractivity contribution is 0.195. The second kappa shape index (κ2) is 7.50. The first-order chi connectivity index (χ1) is 6.12. The summed E-state index contributed by atoms with van der Waals surface area (Å²) in [5.74, 6) is 0. The topological polar surface area (TPSA) is 93.1 Å². The summed E-state index contributed by atoms with van der Waals surface area (Å²) in [4.78, 5) is 9.18. The van der Waals surface area contributed by atoms with E-state index in [0.29, 0.717) is 19.5 Å². The van der Waals surface area contributed by atoms with Crippen LogP contribution in [0.15, 0.2) is 0 Å². The van der Waals surface area contributed by atoms with Gasteiger partial charge in [-0.3, -0.25) is 4.55 Å². The average molecular weight is 249 g/mol. The van der Waals surface area contributed by atoms with E-state index in [-0.39, 0.29) is 0 Å². The van der Waals surface area contributed by atoms with Crippen molar-refractivity contribution in [3.8, 4) is 0 Å². The molecule has 0 amide bonds. The second-order valence-corrected chi connectivity index (χ2v) is 5.96. The molecule has 0 aliphatic carbocycles. The summed E-state index contributed by atoms with van der Waals surface area (Å²) in [6.45, 7) is 6.24. The molecular formula is C6H18O6PS+. The van der Waals surface area contributed by atoms with E-state index in [1.165, 1.54) is 0 Å². The Morgan fingerprint density at radius 1 is 1.21 bits per heavy atom. The normalized spacial score (nSPS) is 11.9. The lowest BCUT2D eigenvalue weighted by atomic mass is 10.9. The molecule has 0 aromatic heterocycles. The van der Waals surface area contributed by atoms with Crippen LogP contribution in [-0.4, -0.2) is 44.0 Å². The summed E-state index contributed by atoms with van der Waals surface area (Å²) >= 11 is 0. The van der Waals surface area contributed by atoms with Crippen LogP contribution in [0.3, 0.4) is 0 Å². The van der Waals surface area contributed by atoms with Crippen LogP contribution < -0.4 is 0 Å². The zero-order valence-electron chi connectivity index (χ0n) is 8.80. The van der Waals surface area contributed by atoms with E-state index in [4.69, 9.17) is 13.6 Å². The molecule has 0 bridgehead atoms. The summed E-state index contributed by atoms with van der Waals surface area (Å²) in [5, 5.41) is 0. The van der Waals surface area contributed by atoms with Gasteiger partial charge in [-0.15, -0.1) is 0 Å². The van der Waals surface area contributed by atoms with Crippen molar-refractivity contribution in [2.75, 3.05) is 26.1 Å². The Morgan fingerprint density at radius 3 is 1.57 bits per heavy atom. The van der Waals surface area contributed by atoms with Crippen LogP contribution in [0.4, 0.5) is 0 Å². The van der Waals surface area contributed by atoms with Crippen molar-refractivity contribution >= 4 is 18.1 Å². The Kier molecular flexibility index (Phi) is 8.92. The summed E-state index contributed by atoms with van der Waals surface area (Å²) in [5.41, 5.74) is 0. The van der Waals surface area contributed by atoms with Gasteiger partial charge < -0.3 is 0 Å². The molecule has 88 valence electrons. The maximum absolute atomic E-state index is 9.19. The van der Waals surface area contributed by atoms with Crippen LogP contribution in [0.5, 0.6) is 0 Å². The smallest absolute Gasteiger partial charge is 0.286 e.